The molecule has 0 saturated heterocycles. The largest absolute Gasteiger partial charge is 0.365 e. The molecule has 0 radical (unpaired) electrons. The first-order chi connectivity index (χ1) is 7.57. The Labute approximate surface area is 103 Å². The van der Waals surface area contributed by atoms with Crippen LogP contribution in [0.5, 0.6) is 0 Å². The van der Waals surface area contributed by atoms with Crippen LogP contribution in [-0.2, 0) is 6.42 Å². The monoisotopic (exact) mass is 241 g/mol. The quantitative estimate of drug-likeness (QED) is 0.777. The van der Waals surface area contributed by atoms with Crippen LogP contribution in [-0.4, -0.2) is 21.4 Å². The lowest BCUT2D eigenvalue weighted by Gasteiger charge is -2.26. The van der Waals surface area contributed by atoms with E-state index in [1.165, 1.54) is 0 Å². The minimum Gasteiger partial charge on any atom is -0.365 e. The normalized spacial score (nSPS) is 11.5. The third-order valence-electron chi connectivity index (χ3n) is 2.42. The van der Waals surface area contributed by atoms with Gasteiger partial charge in [-0.15, -0.1) is 11.6 Å². The molecule has 1 aromatic heterocycles. The van der Waals surface area contributed by atoms with Gasteiger partial charge in [0, 0.05) is 23.2 Å². The summed E-state index contributed by atoms with van der Waals surface area (Å²) in [6.07, 6.45) is 4.61. The summed E-state index contributed by atoms with van der Waals surface area (Å²) in [5.41, 5.74) is 1.06. The van der Waals surface area contributed by atoms with Crippen LogP contribution >= 0.6 is 11.6 Å². The van der Waals surface area contributed by atoms with Crippen molar-refractivity contribution >= 4 is 17.4 Å². The highest BCUT2D eigenvalue weighted by molar-refractivity contribution is 6.17. The smallest absolute Gasteiger partial charge is 0.130 e. The van der Waals surface area contributed by atoms with Crippen molar-refractivity contribution in [3.8, 4) is 0 Å². The number of nitrogens with one attached hydrogen (secondary N) is 1. The molecule has 3 nitrogen and oxygen atoms in total. The Hall–Kier alpha value is -0.830. The third-order valence-corrected chi connectivity index (χ3v) is 2.60. The number of anilines is 1. The Balaban J connectivity index is 2.69. The maximum atomic E-state index is 5.76. The van der Waals surface area contributed by atoms with E-state index in [4.69, 9.17) is 11.6 Å². The van der Waals surface area contributed by atoms with Crippen molar-refractivity contribution in [1.29, 1.82) is 0 Å². The van der Waals surface area contributed by atoms with Crippen LogP contribution in [0.4, 0.5) is 5.82 Å². The predicted molar refractivity (Wildman–Crippen MR) is 69.1 cm³/mol. The summed E-state index contributed by atoms with van der Waals surface area (Å²) in [5, 5.41) is 3.38. The molecule has 1 heterocycles. The average Bonchev–Trinajstić information content (AvgIpc) is 2.17. The molecular formula is C12H20ClN3. The van der Waals surface area contributed by atoms with E-state index in [-0.39, 0.29) is 5.54 Å². The van der Waals surface area contributed by atoms with Gasteiger partial charge in [-0.2, -0.15) is 0 Å². The van der Waals surface area contributed by atoms with E-state index in [0.29, 0.717) is 5.88 Å². The first-order valence-corrected chi connectivity index (χ1v) is 6.26. The summed E-state index contributed by atoms with van der Waals surface area (Å²) in [6, 6.07) is 2.01. The summed E-state index contributed by atoms with van der Waals surface area (Å²) in [6.45, 7) is 6.39. The van der Waals surface area contributed by atoms with Gasteiger partial charge in [0.05, 0.1) is 0 Å². The molecule has 4 heteroatoms. The third kappa shape index (κ3) is 4.35. The molecule has 0 spiro atoms. The molecule has 0 aromatic carbocycles. The van der Waals surface area contributed by atoms with Crippen LogP contribution < -0.4 is 5.32 Å². The Bertz CT molecular complexity index is 326. The molecule has 1 aromatic rings. The first kappa shape index (κ1) is 13.2. The van der Waals surface area contributed by atoms with Crippen LogP contribution in [0.3, 0.4) is 0 Å². The lowest BCUT2D eigenvalue weighted by molar-refractivity contribution is 0.547. The van der Waals surface area contributed by atoms with Crippen molar-refractivity contribution in [1.82, 2.24) is 9.97 Å². The molecule has 1 N–H and O–H groups in total. The lowest BCUT2D eigenvalue weighted by Crippen LogP contribution is -2.31. The molecule has 0 atom stereocenters. The van der Waals surface area contributed by atoms with E-state index < -0.39 is 0 Å². The molecule has 0 bridgehead atoms. The van der Waals surface area contributed by atoms with Gasteiger partial charge in [-0.25, -0.2) is 9.97 Å². The molecule has 0 aliphatic rings. The van der Waals surface area contributed by atoms with Gasteiger partial charge in [0.15, 0.2) is 0 Å². The van der Waals surface area contributed by atoms with Crippen molar-refractivity contribution in [3.63, 3.8) is 0 Å². The lowest BCUT2D eigenvalue weighted by atomic mass is 10.0. The van der Waals surface area contributed by atoms with E-state index in [9.17, 15) is 0 Å². The highest BCUT2D eigenvalue weighted by atomic mass is 35.5. The van der Waals surface area contributed by atoms with Crippen molar-refractivity contribution in [3.05, 3.63) is 18.1 Å². The maximum absolute atomic E-state index is 5.76. The van der Waals surface area contributed by atoms with Gasteiger partial charge >= 0.3 is 0 Å². The standard InChI is InChI=1S/C12H20ClN3/c1-4-5-10-8-11(15-9-14-10)16-12(2,3)6-7-13/h8-9H,4-7H2,1-3H3,(H,14,15,16). The number of nitrogens with zero attached hydrogens (tertiary/aromatic N) is 2. The number of aryl methyl sites for hydroxylation is 1. The molecule has 0 unspecified atom stereocenters. The highest BCUT2D eigenvalue weighted by Gasteiger charge is 2.17. The van der Waals surface area contributed by atoms with Gasteiger partial charge in [0.25, 0.3) is 0 Å². The minimum atomic E-state index is -0.0282. The molecule has 0 aliphatic carbocycles. The van der Waals surface area contributed by atoms with Crippen LogP contribution in [0.2, 0.25) is 0 Å². The molecule has 0 amide bonds. The first-order valence-electron chi connectivity index (χ1n) is 5.72. The molecule has 0 aliphatic heterocycles. The van der Waals surface area contributed by atoms with Crippen molar-refractivity contribution in [2.75, 3.05) is 11.2 Å². The predicted octanol–water partition coefficient (Wildman–Crippen LogP) is 3.25. The summed E-state index contributed by atoms with van der Waals surface area (Å²) < 4.78 is 0. The van der Waals surface area contributed by atoms with Gasteiger partial charge in [-0.05, 0) is 26.7 Å². The van der Waals surface area contributed by atoms with Crippen LogP contribution in [0.15, 0.2) is 12.4 Å². The number of hydrogen-bond acceptors (Lipinski definition) is 3. The van der Waals surface area contributed by atoms with E-state index in [1.807, 2.05) is 6.07 Å². The Morgan fingerprint density at radius 3 is 2.75 bits per heavy atom. The second kappa shape index (κ2) is 6.04. The van der Waals surface area contributed by atoms with Crippen LogP contribution in [0.1, 0.15) is 39.3 Å². The van der Waals surface area contributed by atoms with Gasteiger partial charge < -0.3 is 5.32 Å². The van der Waals surface area contributed by atoms with Gasteiger partial charge in [0.1, 0.15) is 12.1 Å². The zero-order valence-electron chi connectivity index (χ0n) is 10.3. The SMILES string of the molecule is CCCc1cc(NC(C)(C)CCCl)ncn1. The minimum absolute atomic E-state index is 0.0282. The molecular weight excluding hydrogens is 222 g/mol. The van der Waals surface area contributed by atoms with Gasteiger partial charge in [0.2, 0.25) is 0 Å². The number of alkyl halides is 1. The molecule has 16 heavy (non-hydrogen) atoms. The number of rotatable bonds is 6. The van der Waals surface area contributed by atoms with E-state index >= 15 is 0 Å². The molecule has 0 fully saturated rings. The van der Waals surface area contributed by atoms with Gasteiger partial charge in [-0.3, -0.25) is 0 Å². The topological polar surface area (TPSA) is 37.8 Å². The molecule has 1 rings (SSSR count). The van der Waals surface area contributed by atoms with Gasteiger partial charge in [-0.1, -0.05) is 13.3 Å². The van der Waals surface area contributed by atoms with E-state index in [2.05, 4.69) is 36.1 Å². The highest BCUT2D eigenvalue weighted by Crippen LogP contribution is 2.17. The van der Waals surface area contributed by atoms with E-state index in [0.717, 1.165) is 30.8 Å². The number of halogens is 1. The van der Waals surface area contributed by atoms with Crippen LogP contribution in [0.25, 0.3) is 0 Å². The number of aromatic nitrogens is 2. The Morgan fingerprint density at radius 1 is 1.38 bits per heavy atom. The average molecular weight is 242 g/mol. The fourth-order valence-electron chi connectivity index (χ4n) is 1.50. The van der Waals surface area contributed by atoms with Crippen molar-refractivity contribution < 1.29 is 0 Å². The van der Waals surface area contributed by atoms with Crippen molar-refractivity contribution in [2.45, 2.75) is 45.6 Å². The Kier molecular flexibility index (Phi) is 5.00. The zero-order chi connectivity index (χ0) is 12.0. The molecule has 90 valence electrons. The number of hydrogen-bond donors (Lipinski definition) is 1. The Morgan fingerprint density at radius 2 is 2.12 bits per heavy atom. The summed E-state index contributed by atoms with van der Waals surface area (Å²) in [5.74, 6) is 1.53. The summed E-state index contributed by atoms with van der Waals surface area (Å²) in [4.78, 5) is 8.45. The summed E-state index contributed by atoms with van der Waals surface area (Å²) >= 11 is 5.76. The zero-order valence-corrected chi connectivity index (χ0v) is 11.0. The molecule has 0 saturated carbocycles. The maximum Gasteiger partial charge on any atom is 0.130 e. The van der Waals surface area contributed by atoms with Crippen LogP contribution in [0, 0.1) is 0 Å². The fourth-order valence-corrected chi connectivity index (χ4v) is 1.98. The fraction of sp³-hybridized carbons (Fsp3) is 0.667. The van der Waals surface area contributed by atoms with Crippen molar-refractivity contribution in [2.24, 2.45) is 0 Å². The second-order valence-corrected chi connectivity index (χ2v) is 4.97. The van der Waals surface area contributed by atoms with E-state index in [1.54, 1.807) is 6.33 Å². The second-order valence-electron chi connectivity index (χ2n) is 4.59. The summed E-state index contributed by atoms with van der Waals surface area (Å²) in [7, 11) is 0.